The van der Waals surface area contributed by atoms with E-state index in [4.69, 9.17) is 9.47 Å². The molecular weight excluding hydrogens is 394 g/mol. The summed E-state index contributed by atoms with van der Waals surface area (Å²) in [5.41, 5.74) is 2.48. The van der Waals surface area contributed by atoms with Gasteiger partial charge in [-0.05, 0) is 42.0 Å². The fraction of sp³-hybridized carbons (Fsp3) is 0.0833. The summed E-state index contributed by atoms with van der Waals surface area (Å²) in [7, 11) is 1.35. The molecule has 0 aliphatic carbocycles. The van der Waals surface area contributed by atoms with Gasteiger partial charge in [0.1, 0.15) is 18.7 Å². The summed E-state index contributed by atoms with van der Waals surface area (Å²) in [6, 6.07) is 21.5. The van der Waals surface area contributed by atoms with Gasteiger partial charge < -0.3 is 9.47 Å². The first kappa shape index (κ1) is 20.0. The van der Waals surface area contributed by atoms with Crippen LogP contribution in [0.2, 0.25) is 0 Å². The lowest BCUT2D eigenvalue weighted by Gasteiger charge is -2.09. The average Bonchev–Trinajstić information content (AvgIpc) is 2.83. The van der Waals surface area contributed by atoms with E-state index in [9.17, 15) is 9.59 Å². The third-order valence-electron chi connectivity index (χ3n) is 4.66. The molecule has 4 aromatic rings. The molecule has 0 atom stereocenters. The molecule has 154 valence electrons. The van der Waals surface area contributed by atoms with Gasteiger partial charge in [-0.1, -0.05) is 36.4 Å². The number of methoxy groups -OCH3 is 1. The molecule has 0 fully saturated rings. The number of nitrogens with zero attached hydrogens (tertiary/aromatic N) is 3. The monoisotopic (exact) mass is 413 g/mol. The van der Waals surface area contributed by atoms with Gasteiger partial charge in [0.25, 0.3) is 5.56 Å². The topological polar surface area (TPSA) is 82.8 Å². The zero-order valence-electron chi connectivity index (χ0n) is 16.8. The Morgan fingerprint density at radius 3 is 2.58 bits per heavy atom. The van der Waals surface area contributed by atoms with Crippen LogP contribution in [0.1, 0.15) is 21.5 Å². The number of fused-ring (bicyclic) bond motifs is 1. The van der Waals surface area contributed by atoms with Crippen LogP contribution in [0, 0.1) is 0 Å². The summed E-state index contributed by atoms with van der Waals surface area (Å²) in [6.45, 7) is 0.309. The zero-order chi connectivity index (χ0) is 21.6. The molecular formula is C24H19N3O4. The van der Waals surface area contributed by atoms with Crippen LogP contribution in [0.4, 0.5) is 0 Å². The third-order valence-corrected chi connectivity index (χ3v) is 4.66. The molecule has 0 saturated carbocycles. The van der Waals surface area contributed by atoms with Gasteiger partial charge in [-0.15, -0.1) is 0 Å². The molecule has 31 heavy (non-hydrogen) atoms. The molecule has 0 saturated heterocycles. The summed E-state index contributed by atoms with van der Waals surface area (Å²) in [4.78, 5) is 28.4. The Balaban J connectivity index is 1.52. The van der Waals surface area contributed by atoms with E-state index in [0.29, 0.717) is 34.4 Å². The fourth-order valence-electron chi connectivity index (χ4n) is 3.00. The number of carbonyl (C=O) groups excluding carboxylic acids is 1. The standard InChI is InChI=1S/C24H19N3O4/c1-30-24(29)18-12-10-17(11-13-18)15-31-22-9-5-2-6-19(22)14-26-27-16-25-21-8-4-3-7-20(21)23(27)28/h2-14,16H,15H2,1H3/b26-14+. The van der Waals surface area contributed by atoms with Crippen LogP contribution >= 0.6 is 0 Å². The van der Waals surface area contributed by atoms with E-state index < -0.39 is 0 Å². The molecule has 0 unspecified atom stereocenters. The molecule has 1 aromatic heterocycles. The number of esters is 1. The Bertz CT molecular complexity index is 1310. The molecule has 0 aliphatic heterocycles. The Morgan fingerprint density at radius 1 is 1.03 bits per heavy atom. The quantitative estimate of drug-likeness (QED) is 0.356. The van der Waals surface area contributed by atoms with Gasteiger partial charge in [0.15, 0.2) is 0 Å². The molecule has 0 amide bonds. The smallest absolute Gasteiger partial charge is 0.337 e. The minimum absolute atomic E-state index is 0.244. The number of para-hydroxylation sites is 2. The van der Waals surface area contributed by atoms with E-state index in [1.165, 1.54) is 18.1 Å². The molecule has 0 radical (unpaired) electrons. The van der Waals surface area contributed by atoms with Gasteiger partial charge in [0.2, 0.25) is 0 Å². The molecule has 0 bridgehead atoms. The number of hydrogen-bond acceptors (Lipinski definition) is 6. The first-order valence-electron chi connectivity index (χ1n) is 9.55. The summed E-state index contributed by atoms with van der Waals surface area (Å²) in [5, 5.41) is 4.77. The largest absolute Gasteiger partial charge is 0.488 e. The predicted octanol–water partition coefficient (Wildman–Crippen LogP) is 3.64. The lowest BCUT2D eigenvalue weighted by Crippen LogP contribution is -2.17. The van der Waals surface area contributed by atoms with E-state index in [-0.39, 0.29) is 11.5 Å². The normalized spacial score (nSPS) is 11.0. The van der Waals surface area contributed by atoms with Crippen LogP contribution in [-0.4, -0.2) is 29.0 Å². The number of benzene rings is 3. The van der Waals surface area contributed by atoms with Crippen molar-refractivity contribution in [2.24, 2.45) is 5.10 Å². The SMILES string of the molecule is COC(=O)c1ccc(COc2ccccc2/C=N/n2cnc3ccccc3c2=O)cc1. The Hall–Kier alpha value is -4.26. The molecule has 0 N–H and O–H groups in total. The van der Waals surface area contributed by atoms with Crippen LogP contribution < -0.4 is 10.3 Å². The van der Waals surface area contributed by atoms with Gasteiger partial charge in [-0.3, -0.25) is 4.79 Å². The summed E-state index contributed by atoms with van der Waals surface area (Å²) < 4.78 is 11.8. The highest BCUT2D eigenvalue weighted by Gasteiger charge is 2.06. The molecule has 7 nitrogen and oxygen atoms in total. The van der Waals surface area contributed by atoms with Crippen molar-refractivity contribution in [3.63, 3.8) is 0 Å². The molecule has 3 aromatic carbocycles. The maximum absolute atomic E-state index is 12.6. The lowest BCUT2D eigenvalue weighted by atomic mass is 10.1. The van der Waals surface area contributed by atoms with Gasteiger partial charge in [0.05, 0.1) is 29.8 Å². The van der Waals surface area contributed by atoms with Gasteiger partial charge in [0, 0.05) is 5.56 Å². The number of carbonyl (C=O) groups is 1. The summed E-state index contributed by atoms with van der Waals surface area (Å²) in [5.74, 6) is 0.234. The second kappa shape index (κ2) is 9.04. The third kappa shape index (κ3) is 4.51. The highest BCUT2D eigenvalue weighted by Crippen LogP contribution is 2.18. The van der Waals surface area contributed by atoms with Crippen LogP contribution in [0.15, 0.2) is 89.0 Å². The van der Waals surface area contributed by atoms with Crippen molar-refractivity contribution in [1.29, 1.82) is 0 Å². The van der Waals surface area contributed by atoms with Crippen LogP contribution in [0.3, 0.4) is 0 Å². The van der Waals surface area contributed by atoms with E-state index in [2.05, 4.69) is 10.1 Å². The highest BCUT2D eigenvalue weighted by atomic mass is 16.5. The number of hydrogen-bond donors (Lipinski definition) is 0. The van der Waals surface area contributed by atoms with Crippen molar-refractivity contribution in [1.82, 2.24) is 9.66 Å². The highest BCUT2D eigenvalue weighted by molar-refractivity contribution is 5.89. The number of rotatable bonds is 6. The molecule has 0 spiro atoms. The lowest BCUT2D eigenvalue weighted by molar-refractivity contribution is 0.0600. The van der Waals surface area contributed by atoms with Crippen molar-refractivity contribution in [2.75, 3.05) is 7.11 Å². The first-order valence-corrected chi connectivity index (χ1v) is 9.55. The fourth-order valence-corrected chi connectivity index (χ4v) is 3.00. The summed E-state index contributed by atoms with van der Waals surface area (Å²) >= 11 is 0. The van der Waals surface area contributed by atoms with Crippen LogP contribution in [0.25, 0.3) is 10.9 Å². The van der Waals surface area contributed by atoms with Gasteiger partial charge in [-0.25, -0.2) is 9.78 Å². The number of aromatic nitrogens is 2. The second-order valence-corrected chi connectivity index (χ2v) is 6.67. The number of ether oxygens (including phenoxy) is 2. The van der Waals surface area contributed by atoms with E-state index in [1.807, 2.05) is 42.5 Å². The van der Waals surface area contributed by atoms with Crippen LogP contribution in [0.5, 0.6) is 5.75 Å². The van der Waals surface area contributed by atoms with Gasteiger partial charge >= 0.3 is 5.97 Å². The minimum atomic E-state index is -0.382. The van der Waals surface area contributed by atoms with Gasteiger partial charge in [-0.2, -0.15) is 9.78 Å². The molecule has 1 heterocycles. The van der Waals surface area contributed by atoms with Crippen molar-refractivity contribution in [2.45, 2.75) is 6.61 Å². The van der Waals surface area contributed by atoms with Crippen molar-refractivity contribution in [3.8, 4) is 5.75 Å². The molecule has 4 rings (SSSR count). The summed E-state index contributed by atoms with van der Waals surface area (Å²) in [6.07, 6.45) is 2.96. The molecule has 0 aliphatic rings. The van der Waals surface area contributed by atoms with Crippen molar-refractivity contribution < 1.29 is 14.3 Å². The van der Waals surface area contributed by atoms with Crippen molar-refractivity contribution in [3.05, 3.63) is 106 Å². The van der Waals surface area contributed by atoms with E-state index in [0.717, 1.165) is 5.56 Å². The van der Waals surface area contributed by atoms with E-state index in [1.54, 1.807) is 36.5 Å². The minimum Gasteiger partial charge on any atom is -0.488 e. The first-order chi connectivity index (χ1) is 15.2. The van der Waals surface area contributed by atoms with Crippen molar-refractivity contribution >= 4 is 23.1 Å². The maximum Gasteiger partial charge on any atom is 0.337 e. The second-order valence-electron chi connectivity index (χ2n) is 6.67. The predicted molar refractivity (Wildman–Crippen MR) is 118 cm³/mol. The Kier molecular flexibility index (Phi) is 5.84. The van der Waals surface area contributed by atoms with E-state index >= 15 is 0 Å². The maximum atomic E-state index is 12.6. The average molecular weight is 413 g/mol. The molecule has 7 heteroatoms. The van der Waals surface area contributed by atoms with Crippen LogP contribution in [-0.2, 0) is 11.3 Å². The zero-order valence-corrected chi connectivity index (χ0v) is 16.8. The Morgan fingerprint density at radius 2 is 1.77 bits per heavy atom. The Labute approximate surface area is 178 Å².